The number of nitrogens with one attached hydrogen (secondary N) is 1. The van der Waals surface area contributed by atoms with Crippen LogP contribution in [0.3, 0.4) is 0 Å². The van der Waals surface area contributed by atoms with Crippen LogP contribution < -0.4 is 16.7 Å². The van der Waals surface area contributed by atoms with Crippen molar-refractivity contribution in [1.29, 1.82) is 0 Å². The van der Waals surface area contributed by atoms with Crippen molar-refractivity contribution in [1.82, 2.24) is 14.5 Å². The number of fused-ring (bicyclic) bond motifs is 1. The van der Waals surface area contributed by atoms with Crippen LogP contribution in [0.5, 0.6) is 0 Å². The Balaban J connectivity index is 1.57. The van der Waals surface area contributed by atoms with Gasteiger partial charge in [0.2, 0.25) is 0 Å². The second kappa shape index (κ2) is 8.73. The van der Waals surface area contributed by atoms with Gasteiger partial charge in [0.05, 0.1) is 24.2 Å². The molecule has 0 spiro atoms. The number of rotatable bonds is 6. The lowest BCUT2D eigenvalue weighted by Crippen LogP contribution is -2.44. The minimum Gasteiger partial charge on any atom is -0.375 e. The van der Waals surface area contributed by atoms with Gasteiger partial charge in [-0.05, 0) is 43.6 Å². The van der Waals surface area contributed by atoms with E-state index in [0.717, 1.165) is 37.0 Å². The van der Waals surface area contributed by atoms with E-state index in [-0.39, 0.29) is 18.3 Å². The maximum absolute atomic E-state index is 13.2. The molecule has 1 unspecified atom stereocenters. The largest absolute Gasteiger partial charge is 0.375 e. The zero-order valence-corrected chi connectivity index (χ0v) is 16.3. The highest BCUT2D eigenvalue weighted by Crippen LogP contribution is 2.23. The van der Waals surface area contributed by atoms with Gasteiger partial charge in [-0.3, -0.25) is 9.36 Å². The summed E-state index contributed by atoms with van der Waals surface area (Å²) in [5.74, 6) is -0.438. The summed E-state index contributed by atoms with van der Waals surface area (Å²) in [4.78, 5) is 26.3. The number of benzene rings is 2. The van der Waals surface area contributed by atoms with Crippen LogP contribution in [0.15, 0.2) is 59.4 Å². The van der Waals surface area contributed by atoms with Gasteiger partial charge in [0, 0.05) is 6.04 Å². The Hall–Kier alpha value is -2.74. The fraction of sp³-hybridized carbons (Fsp3) is 0.364. The summed E-state index contributed by atoms with van der Waals surface area (Å²) in [6.45, 7) is 2.13. The Morgan fingerprint density at radius 2 is 1.72 bits per heavy atom. The summed E-state index contributed by atoms with van der Waals surface area (Å²) in [5, 5.41) is 3.31. The van der Waals surface area contributed by atoms with Crippen molar-refractivity contribution in [2.75, 3.05) is 19.7 Å². The minimum atomic E-state index is -0.913. The molecule has 0 saturated carbocycles. The number of hydrogen-bond donors (Lipinski definition) is 2. The monoisotopic (exact) mass is 394 g/mol. The van der Waals surface area contributed by atoms with Gasteiger partial charge >= 0.3 is 5.69 Å². The lowest BCUT2D eigenvalue weighted by Gasteiger charge is -2.23. The van der Waals surface area contributed by atoms with E-state index in [1.54, 1.807) is 10.6 Å². The van der Waals surface area contributed by atoms with Crippen LogP contribution in [-0.4, -0.2) is 40.8 Å². The van der Waals surface area contributed by atoms with Crippen LogP contribution in [0, 0.1) is 0 Å². The Labute approximate surface area is 169 Å². The number of carbonyl (C=O) groups is 1. The maximum atomic E-state index is 13.2. The smallest absolute Gasteiger partial charge is 0.336 e. The van der Waals surface area contributed by atoms with Crippen molar-refractivity contribution in [2.24, 2.45) is 5.73 Å². The first-order valence-corrected chi connectivity index (χ1v) is 10.0. The van der Waals surface area contributed by atoms with Crippen LogP contribution in [0.2, 0.25) is 0 Å². The number of nitrogens with zero attached hydrogens (tertiary/aromatic N) is 2. The fourth-order valence-corrected chi connectivity index (χ4v) is 3.92. The standard InChI is InChI=1S/C22H26N4O3/c23-18(15-29-14-16-6-2-1-3-7-16)21(27)26-20-9-5-4-8-19(20)25(22(26)28)17-10-12-24-13-11-17/h1-9,17-18,24H,10-15,23H2. The number of imidazole rings is 1. The zero-order chi connectivity index (χ0) is 20.2. The summed E-state index contributed by atoms with van der Waals surface area (Å²) in [6, 6.07) is 16.3. The Bertz CT molecular complexity index is 1040. The molecule has 0 aliphatic carbocycles. The summed E-state index contributed by atoms with van der Waals surface area (Å²) in [6.07, 6.45) is 1.71. The average molecular weight is 394 g/mol. The molecule has 152 valence electrons. The Morgan fingerprint density at radius 1 is 1.07 bits per heavy atom. The molecule has 29 heavy (non-hydrogen) atoms. The van der Waals surface area contributed by atoms with E-state index in [4.69, 9.17) is 10.5 Å². The van der Waals surface area contributed by atoms with Gasteiger partial charge in [0.25, 0.3) is 5.91 Å². The number of ether oxygens (including phenoxy) is 1. The van der Waals surface area contributed by atoms with Crippen molar-refractivity contribution >= 4 is 16.9 Å². The first-order valence-electron chi connectivity index (χ1n) is 10.0. The normalized spacial score (nSPS) is 16.2. The van der Waals surface area contributed by atoms with Crippen LogP contribution in [-0.2, 0) is 11.3 Å². The second-order valence-corrected chi connectivity index (χ2v) is 7.40. The summed E-state index contributed by atoms with van der Waals surface area (Å²) in [7, 11) is 0. The molecule has 2 aromatic carbocycles. The zero-order valence-electron chi connectivity index (χ0n) is 16.3. The van der Waals surface area contributed by atoms with Crippen LogP contribution in [0.4, 0.5) is 0 Å². The van der Waals surface area contributed by atoms with Crippen LogP contribution in [0.25, 0.3) is 11.0 Å². The predicted molar refractivity (Wildman–Crippen MR) is 112 cm³/mol. The van der Waals surface area contributed by atoms with Gasteiger partial charge in [0.1, 0.15) is 6.04 Å². The Morgan fingerprint density at radius 3 is 2.45 bits per heavy atom. The van der Waals surface area contributed by atoms with Crippen LogP contribution in [0.1, 0.15) is 29.2 Å². The highest BCUT2D eigenvalue weighted by Gasteiger charge is 2.27. The van der Waals surface area contributed by atoms with E-state index in [0.29, 0.717) is 12.1 Å². The van der Waals surface area contributed by atoms with Crippen molar-refractivity contribution in [2.45, 2.75) is 31.5 Å². The van der Waals surface area contributed by atoms with Gasteiger partial charge in [-0.2, -0.15) is 0 Å². The molecule has 1 aliphatic rings. The Kier molecular flexibility index (Phi) is 5.89. The van der Waals surface area contributed by atoms with Gasteiger partial charge in [-0.15, -0.1) is 0 Å². The molecule has 1 aliphatic heterocycles. The molecule has 3 N–H and O–H groups in total. The molecule has 2 heterocycles. The molecule has 1 atom stereocenters. The molecule has 0 radical (unpaired) electrons. The number of para-hydroxylation sites is 2. The number of carbonyl (C=O) groups excluding carboxylic acids is 1. The van der Waals surface area contributed by atoms with Gasteiger partial charge < -0.3 is 15.8 Å². The fourth-order valence-electron chi connectivity index (χ4n) is 3.92. The molecular formula is C22H26N4O3. The van der Waals surface area contributed by atoms with E-state index in [2.05, 4.69) is 5.32 Å². The second-order valence-electron chi connectivity index (χ2n) is 7.40. The van der Waals surface area contributed by atoms with Gasteiger partial charge in [-0.25, -0.2) is 9.36 Å². The van der Waals surface area contributed by atoms with E-state index in [1.165, 1.54) is 4.57 Å². The van der Waals surface area contributed by atoms with E-state index in [1.807, 2.05) is 48.5 Å². The average Bonchev–Trinajstić information content (AvgIpc) is 3.06. The van der Waals surface area contributed by atoms with Crippen molar-refractivity contribution in [3.05, 3.63) is 70.6 Å². The van der Waals surface area contributed by atoms with E-state index >= 15 is 0 Å². The molecule has 7 heteroatoms. The first kappa shape index (κ1) is 19.6. The number of hydrogen-bond acceptors (Lipinski definition) is 5. The SMILES string of the molecule is NC(COCc1ccccc1)C(=O)n1c(=O)n(C2CCNCC2)c2ccccc21. The molecular weight excluding hydrogens is 368 g/mol. The molecule has 4 rings (SSSR count). The number of piperidine rings is 1. The van der Waals surface area contributed by atoms with Gasteiger partial charge in [-0.1, -0.05) is 42.5 Å². The molecule has 1 saturated heterocycles. The van der Waals surface area contributed by atoms with Gasteiger partial charge in [0.15, 0.2) is 0 Å². The summed E-state index contributed by atoms with van der Waals surface area (Å²) in [5.41, 5.74) is 8.17. The topological polar surface area (TPSA) is 91.3 Å². The molecule has 1 aromatic heterocycles. The van der Waals surface area contributed by atoms with Crippen LogP contribution >= 0.6 is 0 Å². The third-order valence-corrected chi connectivity index (χ3v) is 5.40. The highest BCUT2D eigenvalue weighted by atomic mass is 16.5. The molecule has 7 nitrogen and oxygen atoms in total. The van der Waals surface area contributed by atoms with E-state index < -0.39 is 11.9 Å². The highest BCUT2D eigenvalue weighted by molar-refractivity contribution is 5.93. The first-order chi connectivity index (χ1) is 14.2. The number of aromatic nitrogens is 2. The predicted octanol–water partition coefficient (Wildman–Crippen LogP) is 1.91. The summed E-state index contributed by atoms with van der Waals surface area (Å²) < 4.78 is 8.59. The number of nitrogens with two attached hydrogens (primary N) is 1. The lowest BCUT2D eigenvalue weighted by atomic mass is 10.1. The molecule has 3 aromatic rings. The minimum absolute atomic E-state index is 0.0486. The maximum Gasteiger partial charge on any atom is 0.336 e. The molecule has 0 bridgehead atoms. The quantitative estimate of drug-likeness (QED) is 0.666. The third kappa shape index (κ3) is 4.03. The molecule has 1 fully saturated rings. The lowest BCUT2D eigenvalue weighted by molar-refractivity contribution is 0.0713. The van der Waals surface area contributed by atoms with Crippen molar-refractivity contribution < 1.29 is 9.53 Å². The van der Waals surface area contributed by atoms with E-state index in [9.17, 15) is 9.59 Å². The third-order valence-electron chi connectivity index (χ3n) is 5.40. The van der Waals surface area contributed by atoms with Crippen molar-refractivity contribution in [3.63, 3.8) is 0 Å². The summed E-state index contributed by atoms with van der Waals surface area (Å²) >= 11 is 0. The van der Waals surface area contributed by atoms with Crippen molar-refractivity contribution in [3.8, 4) is 0 Å². The molecule has 0 amide bonds.